The van der Waals surface area contributed by atoms with E-state index in [0.29, 0.717) is 5.92 Å². The molecule has 0 unspecified atom stereocenters. The van der Waals surface area contributed by atoms with E-state index in [1.807, 2.05) is 16.9 Å². The van der Waals surface area contributed by atoms with Crippen LogP contribution in [0.15, 0.2) is 67.1 Å². The minimum atomic E-state index is 0.500. The van der Waals surface area contributed by atoms with Crippen molar-refractivity contribution in [1.82, 2.24) is 19.5 Å². The molecule has 0 atom stereocenters. The maximum atomic E-state index is 4.77. The SMILES string of the molecule is CC(C)c1cccc(-c2cnn3cc(-c4ccc(CN5CCCC5)cc4)cnc23)c1. The number of benzene rings is 2. The zero-order valence-electron chi connectivity index (χ0n) is 17.8. The summed E-state index contributed by atoms with van der Waals surface area (Å²) >= 11 is 0. The van der Waals surface area contributed by atoms with E-state index in [4.69, 9.17) is 4.98 Å². The molecule has 30 heavy (non-hydrogen) atoms. The maximum Gasteiger partial charge on any atom is 0.162 e. The van der Waals surface area contributed by atoms with Crippen LogP contribution in [0.4, 0.5) is 0 Å². The zero-order chi connectivity index (χ0) is 20.5. The molecule has 1 saturated heterocycles. The zero-order valence-corrected chi connectivity index (χ0v) is 17.8. The summed E-state index contributed by atoms with van der Waals surface area (Å²) in [6.07, 6.45) is 8.62. The Kier molecular flexibility index (Phi) is 5.09. The molecule has 4 nitrogen and oxygen atoms in total. The summed E-state index contributed by atoms with van der Waals surface area (Å²) in [5, 5.41) is 4.59. The lowest BCUT2D eigenvalue weighted by Crippen LogP contribution is -2.18. The first-order chi connectivity index (χ1) is 14.7. The van der Waals surface area contributed by atoms with Crippen LogP contribution in [0.1, 0.15) is 43.7 Å². The van der Waals surface area contributed by atoms with Gasteiger partial charge >= 0.3 is 0 Å². The van der Waals surface area contributed by atoms with Crippen molar-refractivity contribution >= 4 is 5.65 Å². The highest BCUT2D eigenvalue weighted by Gasteiger charge is 2.13. The fraction of sp³-hybridized carbons (Fsp3) is 0.308. The first-order valence-electron chi connectivity index (χ1n) is 10.9. The van der Waals surface area contributed by atoms with Crippen LogP contribution < -0.4 is 0 Å². The van der Waals surface area contributed by atoms with Gasteiger partial charge in [0.05, 0.1) is 6.20 Å². The van der Waals surface area contributed by atoms with Crippen LogP contribution >= 0.6 is 0 Å². The Balaban J connectivity index is 1.41. The lowest BCUT2D eigenvalue weighted by Gasteiger charge is -2.14. The smallest absolute Gasteiger partial charge is 0.162 e. The molecule has 0 spiro atoms. The van der Waals surface area contributed by atoms with E-state index in [9.17, 15) is 0 Å². The Hall–Kier alpha value is -2.98. The summed E-state index contributed by atoms with van der Waals surface area (Å²) in [6, 6.07) is 17.6. The number of hydrogen-bond acceptors (Lipinski definition) is 3. The normalized spacial score (nSPS) is 14.8. The average molecular weight is 397 g/mol. The topological polar surface area (TPSA) is 33.4 Å². The molecule has 2 aromatic heterocycles. The van der Waals surface area contributed by atoms with Crippen molar-refractivity contribution in [3.63, 3.8) is 0 Å². The molecule has 1 aliphatic rings. The van der Waals surface area contributed by atoms with Crippen LogP contribution in [0.3, 0.4) is 0 Å². The van der Waals surface area contributed by atoms with Gasteiger partial charge < -0.3 is 0 Å². The Morgan fingerprint density at radius 1 is 0.900 bits per heavy atom. The molecule has 1 aliphatic heterocycles. The third-order valence-electron chi connectivity index (χ3n) is 6.11. The minimum absolute atomic E-state index is 0.500. The molecule has 0 saturated carbocycles. The molecule has 5 rings (SSSR count). The highest BCUT2D eigenvalue weighted by Crippen LogP contribution is 2.28. The number of nitrogens with zero attached hydrogens (tertiary/aromatic N) is 4. The highest BCUT2D eigenvalue weighted by atomic mass is 15.2. The van der Waals surface area contributed by atoms with Crippen molar-refractivity contribution in [2.45, 2.75) is 39.2 Å². The Morgan fingerprint density at radius 2 is 1.70 bits per heavy atom. The van der Waals surface area contributed by atoms with Crippen LogP contribution in [0, 0.1) is 0 Å². The number of fused-ring (bicyclic) bond motifs is 1. The summed E-state index contributed by atoms with van der Waals surface area (Å²) in [7, 11) is 0. The summed E-state index contributed by atoms with van der Waals surface area (Å²) in [5.74, 6) is 0.500. The van der Waals surface area contributed by atoms with Gasteiger partial charge in [0.1, 0.15) is 0 Å². The number of aromatic nitrogens is 3. The van der Waals surface area contributed by atoms with E-state index in [0.717, 1.165) is 23.3 Å². The van der Waals surface area contributed by atoms with Gasteiger partial charge in [-0.2, -0.15) is 5.10 Å². The van der Waals surface area contributed by atoms with Crippen LogP contribution in [0.25, 0.3) is 27.9 Å². The van der Waals surface area contributed by atoms with Gasteiger partial charge in [0, 0.05) is 30.1 Å². The van der Waals surface area contributed by atoms with Gasteiger partial charge in [-0.25, -0.2) is 9.50 Å². The van der Waals surface area contributed by atoms with Crippen molar-refractivity contribution in [2.75, 3.05) is 13.1 Å². The molecule has 4 heteroatoms. The van der Waals surface area contributed by atoms with E-state index in [2.05, 4.69) is 78.6 Å². The van der Waals surface area contributed by atoms with E-state index >= 15 is 0 Å². The molecule has 4 aromatic rings. The molecule has 1 fully saturated rings. The van der Waals surface area contributed by atoms with Gasteiger partial charge in [-0.3, -0.25) is 4.90 Å². The monoisotopic (exact) mass is 396 g/mol. The van der Waals surface area contributed by atoms with Gasteiger partial charge in [-0.15, -0.1) is 0 Å². The fourth-order valence-corrected chi connectivity index (χ4v) is 4.29. The second kappa shape index (κ2) is 8.04. The predicted octanol–water partition coefficient (Wildman–Crippen LogP) is 5.78. The van der Waals surface area contributed by atoms with E-state index in [1.165, 1.54) is 48.2 Å². The van der Waals surface area contributed by atoms with Crippen molar-refractivity contribution in [3.8, 4) is 22.3 Å². The van der Waals surface area contributed by atoms with Crippen molar-refractivity contribution < 1.29 is 0 Å². The van der Waals surface area contributed by atoms with Crippen molar-refractivity contribution in [3.05, 3.63) is 78.2 Å². The molecule has 152 valence electrons. The second-order valence-corrected chi connectivity index (χ2v) is 8.63. The Bertz CT molecular complexity index is 1150. The Labute approximate surface area is 178 Å². The van der Waals surface area contributed by atoms with Crippen LogP contribution in [0.5, 0.6) is 0 Å². The lowest BCUT2D eigenvalue weighted by molar-refractivity contribution is 0.331. The quantitative estimate of drug-likeness (QED) is 0.429. The van der Waals surface area contributed by atoms with Crippen LogP contribution in [-0.2, 0) is 6.54 Å². The van der Waals surface area contributed by atoms with Crippen LogP contribution in [-0.4, -0.2) is 32.6 Å². The Morgan fingerprint density at radius 3 is 2.47 bits per heavy atom. The van der Waals surface area contributed by atoms with Gasteiger partial charge in [-0.1, -0.05) is 62.4 Å². The summed E-state index contributed by atoms with van der Waals surface area (Å²) in [5.41, 5.74) is 8.10. The van der Waals surface area contributed by atoms with Crippen LogP contribution in [0.2, 0.25) is 0 Å². The first kappa shape index (κ1) is 19.0. The standard InChI is InChI=1S/C26H28N4/c1-19(2)22-6-5-7-23(14-22)25-16-28-30-18-24(15-27-26(25)30)21-10-8-20(9-11-21)17-29-12-3-4-13-29/h5-11,14-16,18-19H,3-4,12-13,17H2,1-2H3. The highest BCUT2D eigenvalue weighted by molar-refractivity contribution is 5.78. The molecular weight excluding hydrogens is 368 g/mol. The minimum Gasteiger partial charge on any atom is -0.299 e. The summed E-state index contributed by atoms with van der Waals surface area (Å²) in [6.45, 7) is 7.94. The molecule has 0 radical (unpaired) electrons. The molecule has 2 aromatic carbocycles. The molecule has 0 bridgehead atoms. The van der Waals surface area contributed by atoms with Gasteiger partial charge in [0.25, 0.3) is 0 Å². The summed E-state index contributed by atoms with van der Waals surface area (Å²) in [4.78, 5) is 7.30. The number of hydrogen-bond donors (Lipinski definition) is 0. The maximum absolute atomic E-state index is 4.77. The molecule has 3 heterocycles. The lowest BCUT2D eigenvalue weighted by atomic mass is 9.98. The third kappa shape index (κ3) is 3.75. The fourth-order valence-electron chi connectivity index (χ4n) is 4.29. The van der Waals surface area contributed by atoms with E-state index in [-0.39, 0.29) is 0 Å². The first-order valence-corrected chi connectivity index (χ1v) is 10.9. The van der Waals surface area contributed by atoms with Gasteiger partial charge in [0.15, 0.2) is 5.65 Å². The van der Waals surface area contributed by atoms with Crippen molar-refractivity contribution in [1.29, 1.82) is 0 Å². The largest absolute Gasteiger partial charge is 0.299 e. The van der Waals surface area contributed by atoms with Gasteiger partial charge in [-0.05, 0) is 54.1 Å². The predicted molar refractivity (Wildman–Crippen MR) is 122 cm³/mol. The molecule has 0 N–H and O–H groups in total. The molecule has 0 aliphatic carbocycles. The van der Waals surface area contributed by atoms with Crippen molar-refractivity contribution in [2.24, 2.45) is 0 Å². The number of rotatable bonds is 5. The van der Waals surface area contributed by atoms with E-state index in [1.54, 1.807) is 0 Å². The molecule has 0 amide bonds. The third-order valence-corrected chi connectivity index (χ3v) is 6.11. The van der Waals surface area contributed by atoms with Gasteiger partial charge in [0.2, 0.25) is 0 Å². The number of likely N-dealkylation sites (tertiary alicyclic amines) is 1. The second-order valence-electron chi connectivity index (χ2n) is 8.63. The summed E-state index contributed by atoms with van der Waals surface area (Å²) < 4.78 is 1.89. The van der Waals surface area contributed by atoms with E-state index < -0.39 is 0 Å². The average Bonchev–Trinajstić information content (AvgIpc) is 3.43. The molecular formula is C26H28N4.